The predicted molar refractivity (Wildman–Crippen MR) is 106 cm³/mol. The zero-order chi connectivity index (χ0) is 19.9. The molecule has 1 aromatic carbocycles. The second-order valence-electron chi connectivity index (χ2n) is 6.15. The summed E-state index contributed by atoms with van der Waals surface area (Å²) >= 11 is 1.26. The van der Waals surface area contributed by atoms with Gasteiger partial charge in [-0.05, 0) is 24.3 Å². The highest BCUT2D eigenvalue weighted by Crippen LogP contribution is 2.20. The van der Waals surface area contributed by atoms with Crippen molar-refractivity contribution in [3.8, 4) is 0 Å². The second kappa shape index (κ2) is 9.52. The molecule has 3 rings (SSSR count). The molecule has 0 saturated carbocycles. The number of aryl methyl sites for hydroxylation is 1. The highest BCUT2D eigenvalue weighted by atomic mass is 32.2. The summed E-state index contributed by atoms with van der Waals surface area (Å²) in [6, 6.07) is 10.1. The summed E-state index contributed by atoms with van der Waals surface area (Å²) in [6.45, 7) is 1.09. The summed E-state index contributed by atoms with van der Waals surface area (Å²) in [7, 11) is 3.61. The average Bonchev–Trinajstić information content (AvgIpc) is 3.26. The lowest BCUT2D eigenvalue weighted by Crippen LogP contribution is -2.16. The Balaban J connectivity index is 1.68. The van der Waals surface area contributed by atoms with E-state index in [9.17, 15) is 9.18 Å². The van der Waals surface area contributed by atoms with Crippen molar-refractivity contribution in [1.29, 1.82) is 0 Å². The summed E-state index contributed by atoms with van der Waals surface area (Å²) in [5, 5.41) is 11.7. The Bertz CT molecular complexity index is 940. The third-order valence-electron chi connectivity index (χ3n) is 4.18. The van der Waals surface area contributed by atoms with Crippen molar-refractivity contribution in [2.45, 2.75) is 18.1 Å². The molecule has 0 spiro atoms. The van der Waals surface area contributed by atoms with Gasteiger partial charge in [0.2, 0.25) is 5.91 Å². The molecule has 0 fully saturated rings. The van der Waals surface area contributed by atoms with Gasteiger partial charge in [-0.15, -0.1) is 10.2 Å². The maximum atomic E-state index is 13.7. The molecular formula is C19H22FN5O2S. The second-order valence-corrected chi connectivity index (χ2v) is 7.09. The number of benzene rings is 1. The molecule has 0 bridgehead atoms. The molecule has 0 saturated heterocycles. The minimum absolute atomic E-state index is 0.101. The minimum Gasteiger partial charge on any atom is -0.383 e. The number of ether oxygens (including phenoxy) is 1. The molecule has 0 aliphatic carbocycles. The number of rotatable bonds is 9. The standard InChI is InChI=1S/C19H22FN5O2S/c1-24-9-5-6-14(24)12-17-22-23-19(25(17)10-11-27-2)28-13-18(26)21-16-8-4-3-7-15(16)20/h3-9H,10-13H2,1-2H3,(H,21,26). The average molecular weight is 403 g/mol. The van der Waals surface area contributed by atoms with Crippen LogP contribution in [0.15, 0.2) is 47.8 Å². The van der Waals surface area contributed by atoms with Crippen molar-refractivity contribution in [3.63, 3.8) is 0 Å². The highest BCUT2D eigenvalue weighted by molar-refractivity contribution is 7.99. The minimum atomic E-state index is -0.464. The first kappa shape index (κ1) is 20.1. The van der Waals surface area contributed by atoms with Gasteiger partial charge in [-0.25, -0.2) is 4.39 Å². The molecule has 148 valence electrons. The number of nitrogens with one attached hydrogen (secondary N) is 1. The first-order valence-corrected chi connectivity index (χ1v) is 9.75. The number of carbonyl (C=O) groups is 1. The summed E-state index contributed by atoms with van der Waals surface area (Å²) in [5.74, 6) is 0.133. The van der Waals surface area contributed by atoms with Crippen molar-refractivity contribution in [2.75, 3.05) is 24.8 Å². The Labute approximate surface area is 166 Å². The van der Waals surface area contributed by atoms with Gasteiger partial charge in [0, 0.05) is 39.0 Å². The van der Waals surface area contributed by atoms with Crippen LogP contribution in [0.1, 0.15) is 11.5 Å². The van der Waals surface area contributed by atoms with Gasteiger partial charge >= 0.3 is 0 Å². The first-order valence-electron chi connectivity index (χ1n) is 8.77. The Hall–Kier alpha value is -2.65. The number of halogens is 1. The number of thioether (sulfide) groups is 1. The molecule has 2 aromatic heterocycles. The van der Waals surface area contributed by atoms with Crippen molar-refractivity contribution in [1.82, 2.24) is 19.3 Å². The van der Waals surface area contributed by atoms with Crippen LogP contribution in [0.2, 0.25) is 0 Å². The fourth-order valence-corrected chi connectivity index (χ4v) is 3.47. The van der Waals surface area contributed by atoms with Crippen LogP contribution < -0.4 is 5.32 Å². The van der Waals surface area contributed by atoms with Crippen LogP contribution >= 0.6 is 11.8 Å². The highest BCUT2D eigenvalue weighted by Gasteiger charge is 2.16. The molecule has 7 nitrogen and oxygen atoms in total. The van der Waals surface area contributed by atoms with Crippen LogP contribution in [-0.4, -0.2) is 44.7 Å². The Morgan fingerprint density at radius 1 is 1.25 bits per heavy atom. The van der Waals surface area contributed by atoms with Gasteiger partial charge in [0.05, 0.1) is 18.0 Å². The van der Waals surface area contributed by atoms with Gasteiger partial charge < -0.3 is 19.2 Å². The summed E-state index contributed by atoms with van der Waals surface area (Å²) < 4.78 is 22.8. The van der Waals surface area contributed by atoms with Crippen LogP contribution in [0.4, 0.5) is 10.1 Å². The smallest absolute Gasteiger partial charge is 0.234 e. The van der Waals surface area contributed by atoms with Gasteiger partial charge in [-0.2, -0.15) is 0 Å². The van der Waals surface area contributed by atoms with E-state index >= 15 is 0 Å². The number of carbonyl (C=O) groups excluding carboxylic acids is 1. The van der Waals surface area contributed by atoms with E-state index in [1.165, 1.54) is 23.9 Å². The SMILES string of the molecule is COCCn1c(Cc2cccn2C)nnc1SCC(=O)Nc1ccccc1F. The van der Waals surface area contributed by atoms with E-state index in [0.717, 1.165) is 11.5 Å². The molecule has 1 N–H and O–H groups in total. The quantitative estimate of drug-likeness (QED) is 0.556. The van der Waals surface area contributed by atoms with Crippen molar-refractivity contribution < 1.29 is 13.9 Å². The maximum absolute atomic E-state index is 13.7. The summed E-state index contributed by atoms with van der Waals surface area (Å²) in [5.41, 5.74) is 1.28. The lowest BCUT2D eigenvalue weighted by atomic mass is 10.3. The monoisotopic (exact) mass is 403 g/mol. The Morgan fingerprint density at radius 2 is 2.07 bits per heavy atom. The van der Waals surface area contributed by atoms with Gasteiger partial charge in [-0.3, -0.25) is 4.79 Å². The lowest BCUT2D eigenvalue weighted by Gasteiger charge is -2.10. The fourth-order valence-electron chi connectivity index (χ4n) is 2.68. The van der Waals surface area contributed by atoms with Gasteiger partial charge in [0.25, 0.3) is 0 Å². The van der Waals surface area contributed by atoms with E-state index in [-0.39, 0.29) is 17.3 Å². The number of hydrogen-bond donors (Lipinski definition) is 1. The van der Waals surface area contributed by atoms with E-state index in [1.54, 1.807) is 19.2 Å². The molecule has 1 amide bonds. The number of anilines is 1. The predicted octanol–water partition coefficient (Wildman–Crippen LogP) is 2.72. The zero-order valence-electron chi connectivity index (χ0n) is 15.8. The van der Waals surface area contributed by atoms with Gasteiger partial charge in [0.15, 0.2) is 5.16 Å². The fraction of sp³-hybridized carbons (Fsp3) is 0.316. The van der Waals surface area contributed by atoms with Crippen molar-refractivity contribution >= 4 is 23.4 Å². The van der Waals surface area contributed by atoms with Crippen molar-refractivity contribution in [3.05, 3.63) is 59.9 Å². The van der Waals surface area contributed by atoms with Crippen LogP contribution in [0.25, 0.3) is 0 Å². The maximum Gasteiger partial charge on any atom is 0.234 e. The zero-order valence-corrected chi connectivity index (χ0v) is 16.6. The number of para-hydroxylation sites is 1. The Morgan fingerprint density at radius 3 is 2.79 bits per heavy atom. The van der Waals surface area contributed by atoms with E-state index in [4.69, 9.17) is 4.74 Å². The van der Waals surface area contributed by atoms with E-state index in [1.807, 2.05) is 34.5 Å². The molecular weight excluding hydrogens is 381 g/mol. The van der Waals surface area contributed by atoms with Gasteiger partial charge in [-0.1, -0.05) is 23.9 Å². The van der Waals surface area contributed by atoms with E-state index in [0.29, 0.717) is 24.7 Å². The normalized spacial score (nSPS) is 11.0. The van der Waals surface area contributed by atoms with E-state index < -0.39 is 5.82 Å². The lowest BCUT2D eigenvalue weighted by molar-refractivity contribution is -0.113. The summed E-state index contributed by atoms with van der Waals surface area (Å²) in [4.78, 5) is 12.2. The van der Waals surface area contributed by atoms with Crippen LogP contribution in [0.5, 0.6) is 0 Å². The molecule has 0 atom stereocenters. The molecule has 0 radical (unpaired) electrons. The van der Waals surface area contributed by atoms with Crippen LogP contribution in [-0.2, 0) is 29.5 Å². The van der Waals surface area contributed by atoms with Gasteiger partial charge in [0.1, 0.15) is 11.6 Å². The topological polar surface area (TPSA) is 74.0 Å². The first-order chi connectivity index (χ1) is 13.6. The molecule has 28 heavy (non-hydrogen) atoms. The number of methoxy groups -OCH3 is 1. The number of nitrogens with zero attached hydrogens (tertiary/aromatic N) is 4. The number of aromatic nitrogens is 4. The van der Waals surface area contributed by atoms with Crippen LogP contribution in [0.3, 0.4) is 0 Å². The third-order valence-corrected chi connectivity index (χ3v) is 5.15. The summed E-state index contributed by atoms with van der Waals surface area (Å²) in [6.07, 6.45) is 2.61. The Kier molecular flexibility index (Phi) is 6.83. The molecule has 0 aliphatic rings. The number of amides is 1. The van der Waals surface area contributed by atoms with Crippen molar-refractivity contribution in [2.24, 2.45) is 7.05 Å². The molecule has 0 unspecified atom stereocenters. The van der Waals surface area contributed by atoms with Crippen LogP contribution in [0, 0.1) is 5.82 Å². The largest absolute Gasteiger partial charge is 0.383 e. The molecule has 3 aromatic rings. The molecule has 9 heteroatoms. The molecule has 0 aliphatic heterocycles. The number of hydrogen-bond acceptors (Lipinski definition) is 5. The third kappa shape index (κ3) is 4.99. The van der Waals surface area contributed by atoms with E-state index in [2.05, 4.69) is 15.5 Å². The molecule has 2 heterocycles.